The molecular formula is C19H15Cl2NO3S3. The maximum Gasteiger partial charge on any atom is 0.266 e. The van der Waals surface area contributed by atoms with Crippen LogP contribution in [0.1, 0.15) is 12.2 Å². The van der Waals surface area contributed by atoms with Gasteiger partial charge in [-0.1, -0.05) is 47.2 Å². The fourth-order valence-electron chi connectivity index (χ4n) is 3.26. The fourth-order valence-corrected chi connectivity index (χ4v) is 7.03. The second kappa shape index (κ2) is 7.54. The minimum atomic E-state index is -2.11. The highest BCUT2D eigenvalue weighted by atomic mass is 35.5. The van der Waals surface area contributed by atoms with Crippen LogP contribution in [0.5, 0.6) is 0 Å². The summed E-state index contributed by atoms with van der Waals surface area (Å²) in [6.07, 6.45) is 2.32. The van der Waals surface area contributed by atoms with E-state index in [9.17, 15) is 9.00 Å². The van der Waals surface area contributed by atoms with E-state index >= 15 is 0 Å². The van der Waals surface area contributed by atoms with Crippen LogP contribution in [-0.4, -0.2) is 42.8 Å². The van der Waals surface area contributed by atoms with Gasteiger partial charge >= 0.3 is 0 Å². The Morgan fingerprint density at radius 2 is 2.11 bits per heavy atom. The Balaban J connectivity index is 1.58. The predicted octanol–water partition coefficient (Wildman–Crippen LogP) is 4.94. The summed E-state index contributed by atoms with van der Waals surface area (Å²) in [6.45, 7) is 0. The molecule has 9 heteroatoms. The van der Waals surface area contributed by atoms with Crippen molar-refractivity contribution in [1.82, 2.24) is 4.90 Å². The molecule has 2 aromatic rings. The Hall–Kier alpha value is -1.25. The second-order valence-electron chi connectivity index (χ2n) is 6.66. The zero-order valence-electron chi connectivity index (χ0n) is 14.5. The number of rotatable bonds is 3. The molecule has 0 radical (unpaired) electrons. The lowest BCUT2D eigenvalue weighted by atomic mass is 10.2. The van der Waals surface area contributed by atoms with E-state index < -0.39 is 9.52 Å². The third kappa shape index (κ3) is 3.91. The van der Waals surface area contributed by atoms with Gasteiger partial charge in [0, 0.05) is 28.2 Å². The smallest absolute Gasteiger partial charge is 0.266 e. The maximum absolute atomic E-state index is 12.8. The molecule has 2 unspecified atom stereocenters. The van der Waals surface area contributed by atoms with Gasteiger partial charge in [-0.2, -0.15) is 0 Å². The number of benzene rings is 1. The highest BCUT2D eigenvalue weighted by Crippen LogP contribution is 2.37. The predicted molar refractivity (Wildman–Crippen MR) is 123 cm³/mol. The quantitative estimate of drug-likeness (QED) is 0.468. The summed E-state index contributed by atoms with van der Waals surface area (Å²) < 4.78 is 18.5. The van der Waals surface area contributed by atoms with Crippen molar-refractivity contribution in [2.75, 3.05) is 11.5 Å². The molecule has 146 valence electrons. The van der Waals surface area contributed by atoms with Crippen LogP contribution in [0, 0.1) is 0 Å². The molecule has 0 N–H and O–H groups in total. The summed E-state index contributed by atoms with van der Waals surface area (Å²) in [7, 11) is -2.11. The number of thiocarbonyl (C=S) groups is 1. The van der Waals surface area contributed by atoms with Crippen molar-refractivity contribution < 1.29 is 13.4 Å². The Labute approximate surface area is 182 Å². The number of thioether (sulfide) groups is 1. The molecule has 4 rings (SSSR count). The van der Waals surface area contributed by atoms with E-state index in [1.54, 1.807) is 41.3 Å². The van der Waals surface area contributed by atoms with E-state index in [1.807, 2.05) is 0 Å². The molecule has 1 amide bonds. The van der Waals surface area contributed by atoms with E-state index in [0.717, 1.165) is 5.56 Å². The van der Waals surface area contributed by atoms with E-state index in [-0.39, 0.29) is 11.9 Å². The van der Waals surface area contributed by atoms with Gasteiger partial charge in [0.1, 0.15) is 15.8 Å². The number of carbonyl (C=O) groups excluding carboxylic acids is 1. The van der Waals surface area contributed by atoms with Gasteiger partial charge in [-0.15, -0.1) is 0 Å². The molecule has 0 aliphatic carbocycles. The maximum atomic E-state index is 12.8. The molecule has 28 heavy (non-hydrogen) atoms. The first-order valence-corrected chi connectivity index (χ1v) is 12.4. The molecular weight excluding hydrogens is 457 g/mol. The minimum absolute atomic E-state index is 0.150. The lowest BCUT2D eigenvalue weighted by Crippen LogP contribution is -2.39. The van der Waals surface area contributed by atoms with Gasteiger partial charge in [0.2, 0.25) is 0 Å². The van der Waals surface area contributed by atoms with Crippen molar-refractivity contribution in [3.8, 4) is 11.3 Å². The van der Waals surface area contributed by atoms with Crippen LogP contribution >= 0.6 is 47.2 Å². The summed E-state index contributed by atoms with van der Waals surface area (Å²) in [5, 5.41) is 1.03. The molecule has 0 spiro atoms. The first-order valence-electron chi connectivity index (χ1n) is 8.38. The number of furan rings is 1. The zero-order valence-corrected chi connectivity index (χ0v) is 18.5. The van der Waals surface area contributed by atoms with E-state index in [0.29, 0.717) is 48.7 Å². The van der Waals surface area contributed by atoms with Gasteiger partial charge in [0.05, 0.1) is 16.0 Å². The molecule has 0 bridgehead atoms. The summed E-state index contributed by atoms with van der Waals surface area (Å²) >= 11 is 18.8. The fraction of sp³-hybridized carbons (Fsp3) is 0.211. The van der Waals surface area contributed by atoms with E-state index in [4.69, 9.17) is 39.8 Å². The average Bonchev–Trinajstić information content (AvgIpc) is 3.27. The van der Waals surface area contributed by atoms with Gasteiger partial charge in [0.15, 0.2) is 0 Å². The highest BCUT2D eigenvalue weighted by molar-refractivity contribution is 8.26. The molecule has 4 nitrogen and oxygen atoms in total. The van der Waals surface area contributed by atoms with Gasteiger partial charge in [-0.3, -0.25) is 13.9 Å². The molecule has 1 aromatic heterocycles. The van der Waals surface area contributed by atoms with Crippen molar-refractivity contribution in [2.24, 2.45) is 0 Å². The molecule has 0 saturated carbocycles. The number of halogens is 2. The summed E-state index contributed by atoms with van der Waals surface area (Å²) in [4.78, 5) is 14.9. The normalized spacial score (nSPS) is 26.6. The lowest BCUT2D eigenvalue weighted by Gasteiger charge is -2.21. The van der Waals surface area contributed by atoms with E-state index in [2.05, 4.69) is 5.87 Å². The summed E-state index contributed by atoms with van der Waals surface area (Å²) in [6, 6.07) is 8.57. The number of carbonyl (C=O) groups is 1. The molecule has 3 heterocycles. The third-order valence-electron chi connectivity index (χ3n) is 4.60. The summed E-state index contributed by atoms with van der Waals surface area (Å²) in [5.74, 6) is 5.60. The Morgan fingerprint density at radius 3 is 2.79 bits per heavy atom. The third-order valence-corrected chi connectivity index (χ3v) is 8.45. The van der Waals surface area contributed by atoms with Gasteiger partial charge < -0.3 is 4.42 Å². The van der Waals surface area contributed by atoms with Crippen LogP contribution < -0.4 is 0 Å². The van der Waals surface area contributed by atoms with Gasteiger partial charge in [0.25, 0.3) is 5.91 Å². The molecule has 2 saturated heterocycles. The Morgan fingerprint density at radius 1 is 1.32 bits per heavy atom. The van der Waals surface area contributed by atoms with Crippen LogP contribution in [-0.2, 0) is 14.3 Å². The van der Waals surface area contributed by atoms with Crippen LogP contribution in [0.15, 0.2) is 39.7 Å². The average molecular weight is 472 g/mol. The van der Waals surface area contributed by atoms with E-state index in [1.165, 1.54) is 11.8 Å². The molecule has 2 aliphatic heterocycles. The lowest BCUT2D eigenvalue weighted by molar-refractivity contribution is -0.123. The standard InChI is InChI=1S/C19H15Cl2NO3S3/c1-28(24)7-6-12(10-28)22-18(23)17(27-19(22)26)9-13-3-5-16(25-13)14-4-2-11(20)8-15(14)21/h2-5,8-9,12H,1,6-7,10H2/b17-9-. The largest absolute Gasteiger partial charge is 0.457 e. The number of hydrogen-bond donors (Lipinski definition) is 0. The van der Waals surface area contributed by atoms with Crippen molar-refractivity contribution in [1.29, 1.82) is 0 Å². The Bertz CT molecular complexity index is 1120. The van der Waals surface area contributed by atoms with Crippen LogP contribution in [0.4, 0.5) is 0 Å². The number of nitrogens with zero attached hydrogens (tertiary/aromatic N) is 1. The molecule has 2 aliphatic rings. The highest BCUT2D eigenvalue weighted by Gasteiger charge is 2.40. The van der Waals surface area contributed by atoms with Crippen LogP contribution in [0.3, 0.4) is 0 Å². The van der Waals surface area contributed by atoms with Crippen LogP contribution in [0.2, 0.25) is 10.0 Å². The number of amides is 1. The van der Waals surface area contributed by atoms with Crippen molar-refractivity contribution in [2.45, 2.75) is 12.5 Å². The van der Waals surface area contributed by atoms with Gasteiger partial charge in [-0.05, 0) is 52.1 Å². The molecule has 2 atom stereocenters. The SMILES string of the molecule is C=S1(=O)CCC(N2C(=O)/C(=C/c3ccc(-c4ccc(Cl)cc4Cl)o3)SC2=S)C1. The minimum Gasteiger partial charge on any atom is -0.457 e. The summed E-state index contributed by atoms with van der Waals surface area (Å²) in [5.41, 5.74) is 0.717. The second-order valence-corrected chi connectivity index (χ2v) is 11.8. The van der Waals surface area contributed by atoms with Crippen LogP contribution in [0.25, 0.3) is 17.4 Å². The molecule has 1 aromatic carbocycles. The van der Waals surface area contributed by atoms with Crippen molar-refractivity contribution >= 4 is 78.9 Å². The molecule has 2 fully saturated rings. The first kappa shape index (κ1) is 20.0. The topological polar surface area (TPSA) is 50.5 Å². The van der Waals surface area contributed by atoms with Crippen molar-refractivity contribution in [3.63, 3.8) is 0 Å². The van der Waals surface area contributed by atoms with Gasteiger partial charge in [-0.25, -0.2) is 0 Å². The van der Waals surface area contributed by atoms with Crippen molar-refractivity contribution in [3.05, 3.63) is 51.0 Å². The monoisotopic (exact) mass is 471 g/mol. The zero-order chi connectivity index (χ0) is 20.1. The Kier molecular flexibility index (Phi) is 5.39. The number of hydrogen-bond acceptors (Lipinski definition) is 5. The first-order chi connectivity index (χ1) is 13.2.